The van der Waals surface area contributed by atoms with Gasteiger partial charge in [0.05, 0.1) is 6.20 Å². The summed E-state index contributed by atoms with van der Waals surface area (Å²) >= 11 is 2.99. The van der Waals surface area contributed by atoms with E-state index in [9.17, 15) is 4.79 Å². The molecule has 4 heterocycles. The maximum Gasteiger partial charge on any atom is 0.219 e. The van der Waals surface area contributed by atoms with Gasteiger partial charge in [0.25, 0.3) is 0 Å². The first kappa shape index (κ1) is 25.2. The minimum absolute atomic E-state index is 0.142. The molecular weight excluding hydrogens is 456 g/mol. The van der Waals surface area contributed by atoms with Crippen LogP contribution in [0.4, 0.5) is 16.8 Å². The number of aromatic nitrogens is 3. The van der Waals surface area contributed by atoms with Crippen LogP contribution >= 0.6 is 23.1 Å². The smallest absolute Gasteiger partial charge is 0.219 e. The van der Waals surface area contributed by atoms with Crippen LogP contribution < -0.4 is 10.2 Å². The highest BCUT2D eigenvalue weighted by Gasteiger charge is 2.24. The summed E-state index contributed by atoms with van der Waals surface area (Å²) in [5, 5.41) is 14.1. The second-order valence-electron chi connectivity index (χ2n) is 7.77. The monoisotopic (exact) mass is 488 g/mol. The number of rotatable bonds is 5. The van der Waals surface area contributed by atoms with Gasteiger partial charge in [-0.1, -0.05) is 36.9 Å². The molecule has 4 rings (SSSR count). The van der Waals surface area contributed by atoms with E-state index in [4.69, 9.17) is 15.2 Å². The second-order valence-corrected chi connectivity index (χ2v) is 10.1. The van der Waals surface area contributed by atoms with Crippen molar-refractivity contribution in [3.8, 4) is 6.07 Å². The molecule has 178 valence electrons. The summed E-state index contributed by atoms with van der Waals surface area (Å²) in [5.74, 6) is 1.74. The number of piperidine rings is 1. The van der Waals surface area contributed by atoms with Gasteiger partial charge in [-0.15, -0.1) is 0 Å². The molecular formula is C22H32N8OS2. The van der Waals surface area contributed by atoms with E-state index < -0.39 is 0 Å². The van der Waals surface area contributed by atoms with Crippen LogP contribution in [0.3, 0.4) is 0 Å². The molecule has 2 fully saturated rings. The van der Waals surface area contributed by atoms with Crippen LogP contribution in [0.25, 0.3) is 0 Å². The summed E-state index contributed by atoms with van der Waals surface area (Å²) in [6.45, 7) is 11.0. The molecule has 9 nitrogen and oxygen atoms in total. The summed E-state index contributed by atoms with van der Waals surface area (Å²) < 4.78 is 0. The van der Waals surface area contributed by atoms with Crippen molar-refractivity contribution < 1.29 is 4.79 Å². The van der Waals surface area contributed by atoms with E-state index in [2.05, 4.69) is 33.2 Å². The van der Waals surface area contributed by atoms with Crippen molar-refractivity contribution in [1.82, 2.24) is 24.8 Å². The number of carbonyl (C=O) groups is 1. The minimum atomic E-state index is 0.142. The van der Waals surface area contributed by atoms with Crippen molar-refractivity contribution in [2.75, 3.05) is 56.5 Å². The molecule has 0 aliphatic carbocycles. The number of piperazine rings is 1. The molecule has 2 aliphatic heterocycles. The molecule has 0 atom stereocenters. The van der Waals surface area contributed by atoms with E-state index in [1.165, 1.54) is 11.3 Å². The molecule has 0 spiro atoms. The predicted octanol–water partition coefficient (Wildman–Crippen LogP) is 3.43. The normalized spacial score (nSPS) is 17.2. The van der Waals surface area contributed by atoms with Crippen LogP contribution in [-0.2, 0) is 4.79 Å². The van der Waals surface area contributed by atoms with Crippen molar-refractivity contribution in [2.45, 2.75) is 44.0 Å². The fourth-order valence-corrected chi connectivity index (χ4v) is 5.32. The minimum Gasteiger partial charge on any atom is -0.354 e. The number of thioether (sulfide) groups is 1. The Labute approximate surface area is 204 Å². The number of thiazole rings is 1. The number of anilines is 3. The number of carbonyl (C=O) groups excluding carboxylic acids is 1. The highest BCUT2D eigenvalue weighted by atomic mass is 32.2. The fourth-order valence-electron chi connectivity index (χ4n) is 3.66. The molecule has 11 heteroatoms. The molecule has 2 aliphatic rings. The third-order valence-electron chi connectivity index (χ3n) is 5.53. The van der Waals surface area contributed by atoms with Gasteiger partial charge in [-0.3, -0.25) is 4.79 Å². The van der Waals surface area contributed by atoms with Crippen LogP contribution in [0.2, 0.25) is 0 Å². The van der Waals surface area contributed by atoms with Crippen molar-refractivity contribution in [2.24, 2.45) is 0 Å². The van der Waals surface area contributed by atoms with Gasteiger partial charge in [0.2, 0.25) is 5.91 Å². The van der Waals surface area contributed by atoms with E-state index in [1.807, 2.05) is 24.8 Å². The van der Waals surface area contributed by atoms with Crippen molar-refractivity contribution in [1.29, 1.82) is 5.26 Å². The quantitative estimate of drug-likeness (QED) is 0.634. The van der Waals surface area contributed by atoms with E-state index in [0.717, 1.165) is 63.1 Å². The lowest BCUT2D eigenvalue weighted by Gasteiger charge is -2.33. The Morgan fingerprint density at radius 3 is 2.48 bits per heavy atom. The van der Waals surface area contributed by atoms with E-state index in [-0.39, 0.29) is 5.91 Å². The first-order chi connectivity index (χ1) is 16.0. The lowest BCUT2D eigenvalue weighted by molar-refractivity contribution is -0.129. The fraction of sp³-hybridized carbons (Fsp3) is 0.591. The first-order valence-electron chi connectivity index (χ1n) is 11.4. The van der Waals surface area contributed by atoms with Gasteiger partial charge in [0.15, 0.2) is 10.3 Å². The van der Waals surface area contributed by atoms with Crippen molar-refractivity contribution >= 4 is 45.8 Å². The topological polar surface area (TPSA) is 101 Å². The molecule has 2 aromatic heterocycles. The van der Waals surface area contributed by atoms with Gasteiger partial charge in [0, 0.05) is 57.5 Å². The number of nitrogens with one attached hydrogen (secondary N) is 1. The summed E-state index contributed by atoms with van der Waals surface area (Å²) in [5.41, 5.74) is 0. The lowest BCUT2D eigenvalue weighted by atomic mass is 10.1. The average Bonchev–Trinajstić information content (AvgIpc) is 3.28. The maximum absolute atomic E-state index is 11.6. The van der Waals surface area contributed by atoms with Gasteiger partial charge in [0.1, 0.15) is 22.6 Å². The Hall–Kier alpha value is -2.42. The summed E-state index contributed by atoms with van der Waals surface area (Å²) in [7, 11) is 2.13. The molecule has 1 amide bonds. The van der Waals surface area contributed by atoms with E-state index in [1.54, 1.807) is 24.9 Å². The molecule has 33 heavy (non-hydrogen) atoms. The number of nitriles is 1. The predicted molar refractivity (Wildman–Crippen MR) is 134 cm³/mol. The SMILES string of the molecule is CC.CC(=O)N1CCC(Sc2nc(Nc3ncc(C#N)s3)cc(N3CCN(C)CC3)n2)CC1. The Morgan fingerprint density at radius 1 is 1.18 bits per heavy atom. The largest absolute Gasteiger partial charge is 0.354 e. The van der Waals surface area contributed by atoms with Crippen LogP contribution in [0.1, 0.15) is 38.5 Å². The molecule has 0 saturated carbocycles. The summed E-state index contributed by atoms with van der Waals surface area (Å²) in [6.07, 6.45) is 3.44. The molecule has 0 aromatic carbocycles. The number of likely N-dealkylation sites (tertiary alicyclic amines) is 1. The van der Waals surface area contributed by atoms with Gasteiger partial charge in [-0.2, -0.15) is 5.26 Å². The zero-order valence-corrected chi connectivity index (χ0v) is 21.4. The van der Waals surface area contributed by atoms with E-state index in [0.29, 0.717) is 21.1 Å². The standard InChI is InChI=1S/C20H26N8OS2.C2H6/c1-14(29)27-5-3-15(4-6-27)30-20-24-17(23-19-22-13-16(12-21)31-19)11-18(25-20)28-9-7-26(2)8-10-28;1-2/h11,13,15H,3-10H2,1-2H3,(H,22,23,24,25);1-2H3. The van der Waals surface area contributed by atoms with Gasteiger partial charge >= 0.3 is 0 Å². The summed E-state index contributed by atoms with van der Waals surface area (Å²) in [4.78, 5) is 32.5. The van der Waals surface area contributed by atoms with Gasteiger partial charge < -0.3 is 20.0 Å². The maximum atomic E-state index is 11.6. The summed E-state index contributed by atoms with van der Waals surface area (Å²) in [6, 6.07) is 4.08. The first-order valence-corrected chi connectivity index (χ1v) is 13.1. The highest BCUT2D eigenvalue weighted by Crippen LogP contribution is 2.32. The molecule has 1 N–H and O–H groups in total. The van der Waals surface area contributed by atoms with Gasteiger partial charge in [-0.25, -0.2) is 15.0 Å². The van der Waals surface area contributed by atoms with Crippen LogP contribution in [0, 0.1) is 11.3 Å². The number of nitrogens with zero attached hydrogens (tertiary/aromatic N) is 7. The molecule has 2 aromatic rings. The molecule has 0 bridgehead atoms. The zero-order valence-electron chi connectivity index (χ0n) is 19.7. The molecule has 0 radical (unpaired) electrons. The van der Waals surface area contributed by atoms with Crippen molar-refractivity contribution in [3.05, 3.63) is 17.1 Å². The van der Waals surface area contributed by atoms with Crippen molar-refractivity contribution in [3.63, 3.8) is 0 Å². The Kier molecular flexibility index (Phi) is 9.29. The molecule has 0 unspecified atom stereocenters. The van der Waals surface area contributed by atoms with Crippen LogP contribution in [0.15, 0.2) is 17.4 Å². The zero-order chi connectivity index (χ0) is 23.8. The third kappa shape index (κ3) is 7.03. The van der Waals surface area contributed by atoms with E-state index >= 15 is 0 Å². The Morgan fingerprint density at radius 2 is 1.88 bits per heavy atom. The Bertz CT molecular complexity index is 960. The highest BCUT2D eigenvalue weighted by molar-refractivity contribution is 7.99. The second kappa shape index (κ2) is 12.2. The Balaban J connectivity index is 0.00000149. The number of hydrogen-bond donors (Lipinski definition) is 1. The number of hydrogen-bond acceptors (Lipinski definition) is 10. The van der Waals surface area contributed by atoms with Gasteiger partial charge in [-0.05, 0) is 19.9 Å². The van der Waals surface area contributed by atoms with Crippen LogP contribution in [-0.4, -0.2) is 82.2 Å². The lowest BCUT2D eigenvalue weighted by Crippen LogP contribution is -2.44. The third-order valence-corrected chi connectivity index (χ3v) is 7.55. The van der Waals surface area contributed by atoms with Crippen LogP contribution in [0.5, 0.6) is 0 Å². The molecule has 2 saturated heterocycles. The average molecular weight is 489 g/mol. The number of amides is 1. The number of likely N-dealkylation sites (N-methyl/N-ethyl adjacent to an activating group) is 1.